The maximum Gasteiger partial charge on any atom is 0.0558 e. The molecule has 3 heteroatoms. The van der Waals surface area contributed by atoms with Crippen molar-refractivity contribution in [3.8, 4) is 0 Å². The highest BCUT2D eigenvalue weighted by Gasteiger charge is 2.19. The van der Waals surface area contributed by atoms with Crippen molar-refractivity contribution in [2.45, 2.75) is 44.8 Å². The van der Waals surface area contributed by atoms with Crippen molar-refractivity contribution in [1.82, 2.24) is 5.32 Å². The number of hydrogen-bond donors (Lipinski definition) is 1. The van der Waals surface area contributed by atoms with Gasteiger partial charge >= 0.3 is 0 Å². The molecule has 0 spiro atoms. The highest BCUT2D eigenvalue weighted by Crippen LogP contribution is 2.21. The van der Waals surface area contributed by atoms with Crippen LogP contribution in [-0.2, 0) is 9.47 Å². The third-order valence-corrected chi connectivity index (χ3v) is 3.39. The van der Waals surface area contributed by atoms with Gasteiger partial charge in [0.1, 0.15) is 0 Å². The smallest absolute Gasteiger partial charge is 0.0558 e. The van der Waals surface area contributed by atoms with Gasteiger partial charge < -0.3 is 14.8 Å². The molecule has 0 aromatic carbocycles. The Hall–Kier alpha value is -0.120. The van der Waals surface area contributed by atoms with Crippen molar-refractivity contribution in [3.63, 3.8) is 0 Å². The van der Waals surface area contributed by atoms with Crippen LogP contribution >= 0.6 is 0 Å². The Bertz CT molecular complexity index is 158. The molecule has 1 aliphatic rings. The number of nitrogens with one attached hydrogen (secondary N) is 1. The van der Waals surface area contributed by atoms with Gasteiger partial charge in [0, 0.05) is 26.4 Å². The van der Waals surface area contributed by atoms with Gasteiger partial charge in [-0.25, -0.2) is 0 Å². The summed E-state index contributed by atoms with van der Waals surface area (Å²) < 4.78 is 10.7. The molecule has 0 aromatic heterocycles. The molecule has 0 bridgehead atoms. The molecule has 1 heterocycles. The summed E-state index contributed by atoms with van der Waals surface area (Å²) in [6.07, 6.45) is 5.15. The molecular weight excluding hydrogens is 190 g/mol. The first kappa shape index (κ1) is 12.9. The number of ether oxygens (including phenoxy) is 2. The summed E-state index contributed by atoms with van der Waals surface area (Å²) in [6, 6.07) is 0.586. The first-order valence-electron chi connectivity index (χ1n) is 6.04. The molecule has 0 aliphatic carbocycles. The summed E-state index contributed by atoms with van der Waals surface area (Å²) in [5, 5.41) is 3.39. The fourth-order valence-electron chi connectivity index (χ4n) is 2.21. The van der Waals surface area contributed by atoms with Gasteiger partial charge in [0.2, 0.25) is 0 Å². The molecular formula is C12H25NO2. The molecule has 1 N–H and O–H groups in total. The SMILES string of the molecule is CNC(CC1CCOCC1)CC(C)OC. The van der Waals surface area contributed by atoms with E-state index < -0.39 is 0 Å². The first-order chi connectivity index (χ1) is 7.26. The van der Waals surface area contributed by atoms with Crippen LogP contribution < -0.4 is 5.32 Å². The Labute approximate surface area is 93.5 Å². The van der Waals surface area contributed by atoms with Crippen LogP contribution in [0, 0.1) is 5.92 Å². The normalized spacial score (nSPS) is 22.6. The van der Waals surface area contributed by atoms with Crippen LogP contribution in [0.5, 0.6) is 0 Å². The molecule has 0 amide bonds. The Kier molecular flexibility index (Phi) is 6.22. The van der Waals surface area contributed by atoms with Gasteiger partial charge in [0.15, 0.2) is 0 Å². The standard InChI is InChI=1S/C12H25NO2/c1-10(14-3)8-12(13-2)9-11-4-6-15-7-5-11/h10-13H,4-9H2,1-3H3. The average molecular weight is 215 g/mol. The summed E-state index contributed by atoms with van der Waals surface area (Å²) in [4.78, 5) is 0. The van der Waals surface area contributed by atoms with E-state index in [1.165, 1.54) is 19.3 Å². The van der Waals surface area contributed by atoms with Crippen molar-refractivity contribution >= 4 is 0 Å². The third-order valence-electron chi connectivity index (χ3n) is 3.39. The van der Waals surface area contributed by atoms with Crippen molar-refractivity contribution in [1.29, 1.82) is 0 Å². The van der Waals surface area contributed by atoms with E-state index in [1.54, 1.807) is 7.11 Å². The summed E-state index contributed by atoms with van der Waals surface area (Å²) in [5.41, 5.74) is 0. The number of methoxy groups -OCH3 is 1. The monoisotopic (exact) mass is 215 g/mol. The highest BCUT2D eigenvalue weighted by atomic mass is 16.5. The molecule has 0 radical (unpaired) electrons. The van der Waals surface area contributed by atoms with E-state index in [0.717, 1.165) is 25.6 Å². The second kappa shape index (κ2) is 7.20. The largest absolute Gasteiger partial charge is 0.382 e. The molecule has 1 fully saturated rings. The highest BCUT2D eigenvalue weighted by molar-refractivity contribution is 4.74. The zero-order chi connectivity index (χ0) is 11.1. The molecule has 0 aromatic rings. The maximum absolute atomic E-state index is 5.37. The van der Waals surface area contributed by atoms with E-state index in [2.05, 4.69) is 12.2 Å². The van der Waals surface area contributed by atoms with Crippen molar-refractivity contribution in [2.24, 2.45) is 5.92 Å². The minimum atomic E-state index is 0.349. The molecule has 0 saturated carbocycles. The van der Waals surface area contributed by atoms with Gasteiger partial charge in [-0.05, 0) is 45.6 Å². The molecule has 3 nitrogen and oxygen atoms in total. The predicted octanol–water partition coefficient (Wildman–Crippen LogP) is 1.82. The van der Waals surface area contributed by atoms with Crippen LogP contribution in [0.25, 0.3) is 0 Å². The molecule has 1 aliphatic heterocycles. The van der Waals surface area contributed by atoms with E-state index >= 15 is 0 Å². The van der Waals surface area contributed by atoms with Gasteiger partial charge in [-0.2, -0.15) is 0 Å². The van der Waals surface area contributed by atoms with Gasteiger partial charge in [-0.15, -0.1) is 0 Å². The lowest BCUT2D eigenvalue weighted by Crippen LogP contribution is -2.33. The van der Waals surface area contributed by atoms with Crippen molar-refractivity contribution in [2.75, 3.05) is 27.4 Å². The van der Waals surface area contributed by atoms with Crippen LogP contribution in [-0.4, -0.2) is 39.5 Å². The van der Waals surface area contributed by atoms with Crippen LogP contribution in [0.2, 0.25) is 0 Å². The van der Waals surface area contributed by atoms with E-state index in [1.807, 2.05) is 7.05 Å². The van der Waals surface area contributed by atoms with Gasteiger partial charge in [-0.3, -0.25) is 0 Å². The fraction of sp³-hybridized carbons (Fsp3) is 1.00. The first-order valence-corrected chi connectivity index (χ1v) is 6.04. The van der Waals surface area contributed by atoms with Gasteiger partial charge in [0.05, 0.1) is 6.10 Å². The lowest BCUT2D eigenvalue weighted by atomic mass is 9.90. The second-order valence-corrected chi connectivity index (χ2v) is 4.56. The van der Waals surface area contributed by atoms with Crippen LogP contribution in [0.1, 0.15) is 32.6 Å². The van der Waals surface area contributed by atoms with E-state index in [4.69, 9.17) is 9.47 Å². The summed E-state index contributed by atoms with van der Waals surface area (Å²) in [5.74, 6) is 0.834. The Morgan fingerprint density at radius 1 is 1.40 bits per heavy atom. The van der Waals surface area contributed by atoms with Crippen molar-refractivity contribution < 1.29 is 9.47 Å². The molecule has 90 valence electrons. The van der Waals surface area contributed by atoms with E-state index in [0.29, 0.717) is 12.1 Å². The Balaban J connectivity index is 2.25. The molecule has 2 atom stereocenters. The summed E-state index contributed by atoms with van der Waals surface area (Å²) in [6.45, 7) is 4.02. The van der Waals surface area contributed by atoms with Crippen LogP contribution in [0.4, 0.5) is 0 Å². The predicted molar refractivity (Wildman–Crippen MR) is 62.1 cm³/mol. The quantitative estimate of drug-likeness (QED) is 0.733. The molecule has 15 heavy (non-hydrogen) atoms. The molecule has 1 rings (SSSR count). The zero-order valence-corrected chi connectivity index (χ0v) is 10.3. The minimum absolute atomic E-state index is 0.349. The Morgan fingerprint density at radius 2 is 2.07 bits per heavy atom. The number of hydrogen-bond acceptors (Lipinski definition) is 3. The van der Waals surface area contributed by atoms with Crippen LogP contribution in [0.3, 0.4) is 0 Å². The maximum atomic E-state index is 5.37. The minimum Gasteiger partial charge on any atom is -0.382 e. The van der Waals surface area contributed by atoms with E-state index in [-0.39, 0.29) is 0 Å². The lowest BCUT2D eigenvalue weighted by Gasteiger charge is -2.27. The van der Waals surface area contributed by atoms with Crippen molar-refractivity contribution in [3.05, 3.63) is 0 Å². The Morgan fingerprint density at radius 3 is 2.60 bits per heavy atom. The van der Waals surface area contributed by atoms with E-state index in [9.17, 15) is 0 Å². The van der Waals surface area contributed by atoms with Gasteiger partial charge in [0.25, 0.3) is 0 Å². The van der Waals surface area contributed by atoms with Gasteiger partial charge in [-0.1, -0.05) is 0 Å². The topological polar surface area (TPSA) is 30.5 Å². The summed E-state index contributed by atoms with van der Waals surface area (Å²) in [7, 11) is 3.83. The average Bonchev–Trinajstić information content (AvgIpc) is 2.29. The molecule has 1 saturated heterocycles. The fourth-order valence-corrected chi connectivity index (χ4v) is 2.21. The lowest BCUT2D eigenvalue weighted by molar-refractivity contribution is 0.0548. The third kappa shape index (κ3) is 4.96. The van der Waals surface area contributed by atoms with Crippen LogP contribution in [0.15, 0.2) is 0 Å². The zero-order valence-electron chi connectivity index (χ0n) is 10.3. The molecule has 2 unspecified atom stereocenters. The summed E-state index contributed by atoms with van der Waals surface area (Å²) >= 11 is 0. The number of rotatable bonds is 6. The second-order valence-electron chi connectivity index (χ2n) is 4.56.